The summed E-state index contributed by atoms with van der Waals surface area (Å²) in [6.45, 7) is 5.49. The summed E-state index contributed by atoms with van der Waals surface area (Å²) in [7, 11) is -2.87. The van der Waals surface area contributed by atoms with Gasteiger partial charge in [-0.2, -0.15) is 0 Å². The van der Waals surface area contributed by atoms with Crippen LogP contribution < -0.4 is 15.4 Å². The van der Waals surface area contributed by atoms with Crippen LogP contribution in [0.2, 0.25) is 0 Å². The number of guanidine groups is 1. The van der Waals surface area contributed by atoms with Crippen molar-refractivity contribution in [2.45, 2.75) is 18.9 Å². The van der Waals surface area contributed by atoms with Gasteiger partial charge in [0.2, 0.25) is 0 Å². The minimum atomic E-state index is -2.87. The molecule has 0 aliphatic carbocycles. The van der Waals surface area contributed by atoms with Crippen LogP contribution in [0.5, 0.6) is 5.75 Å². The molecule has 1 fully saturated rings. The van der Waals surface area contributed by atoms with Crippen molar-refractivity contribution in [3.05, 3.63) is 42.5 Å². The molecule has 0 radical (unpaired) electrons. The van der Waals surface area contributed by atoms with Crippen LogP contribution in [-0.2, 0) is 9.84 Å². The summed E-state index contributed by atoms with van der Waals surface area (Å²) in [5, 5.41) is 6.68. The molecule has 0 saturated carbocycles. The molecule has 3 rings (SSSR count). The molecule has 2 aliphatic rings. The van der Waals surface area contributed by atoms with Gasteiger partial charge >= 0.3 is 0 Å². The Bertz CT molecular complexity index is 752. The summed E-state index contributed by atoms with van der Waals surface area (Å²) in [6.07, 6.45) is 3.32. The van der Waals surface area contributed by atoms with E-state index < -0.39 is 9.84 Å². The smallest absolute Gasteiger partial charge is 0.192 e. The van der Waals surface area contributed by atoms with Crippen molar-refractivity contribution in [2.75, 3.05) is 31.2 Å². The maximum absolute atomic E-state index is 11.6. The Kier molecular flexibility index (Phi) is 7.75. The fourth-order valence-corrected chi connectivity index (χ4v) is 5.06. The minimum absolute atomic E-state index is 0. The molecular formula is C18H26IN3O3S. The van der Waals surface area contributed by atoms with E-state index in [2.05, 4.69) is 28.3 Å². The molecule has 2 atom stereocenters. The molecule has 0 aromatic heterocycles. The van der Waals surface area contributed by atoms with Crippen LogP contribution in [0.1, 0.15) is 24.4 Å². The minimum Gasteiger partial charge on any atom is -0.493 e. The average Bonchev–Trinajstić information content (AvgIpc) is 2.96. The second-order valence-corrected chi connectivity index (χ2v) is 8.73. The summed E-state index contributed by atoms with van der Waals surface area (Å²) in [5.74, 6) is 2.21. The molecule has 0 amide bonds. The summed E-state index contributed by atoms with van der Waals surface area (Å²) in [5.41, 5.74) is 1.12. The Morgan fingerprint density at radius 2 is 2.15 bits per heavy atom. The van der Waals surface area contributed by atoms with Gasteiger partial charge in [0, 0.05) is 25.1 Å². The first kappa shape index (κ1) is 21.0. The van der Waals surface area contributed by atoms with Crippen LogP contribution in [0.3, 0.4) is 0 Å². The predicted molar refractivity (Wildman–Crippen MR) is 115 cm³/mol. The highest BCUT2D eigenvalue weighted by atomic mass is 127. The lowest BCUT2D eigenvalue weighted by Crippen LogP contribution is -2.41. The Morgan fingerprint density at radius 1 is 1.35 bits per heavy atom. The van der Waals surface area contributed by atoms with Crippen molar-refractivity contribution in [1.82, 2.24) is 10.6 Å². The number of benzene rings is 1. The van der Waals surface area contributed by atoms with E-state index in [-0.39, 0.29) is 47.4 Å². The summed E-state index contributed by atoms with van der Waals surface area (Å²) < 4.78 is 28.9. The van der Waals surface area contributed by atoms with E-state index in [0.717, 1.165) is 17.7 Å². The fourth-order valence-electron chi connectivity index (χ4n) is 3.21. The van der Waals surface area contributed by atoms with E-state index in [1.165, 1.54) is 0 Å². The lowest BCUT2D eigenvalue weighted by atomic mass is 10.0. The molecule has 144 valence electrons. The number of aliphatic imine (C=N–C) groups is 1. The summed E-state index contributed by atoms with van der Waals surface area (Å²) in [6, 6.07) is 8.11. The first-order valence-corrected chi connectivity index (χ1v) is 10.5. The fraction of sp³-hybridized carbons (Fsp3) is 0.500. The molecule has 2 unspecified atom stereocenters. The predicted octanol–water partition coefficient (Wildman–Crippen LogP) is 2.28. The van der Waals surface area contributed by atoms with E-state index in [1.54, 1.807) is 6.08 Å². The normalized spacial score (nSPS) is 23.9. The van der Waals surface area contributed by atoms with E-state index in [0.29, 0.717) is 32.1 Å². The first-order chi connectivity index (χ1) is 12.1. The number of nitrogens with zero attached hydrogens (tertiary/aromatic N) is 1. The number of halogens is 1. The van der Waals surface area contributed by atoms with Crippen molar-refractivity contribution in [2.24, 2.45) is 10.9 Å². The first-order valence-electron chi connectivity index (χ1n) is 8.65. The number of nitrogens with one attached hydrogen (secondary N) is 2. The van der Waals surface area contributed by atoms with Gasteiger partial charge < -0.3 is 15.4 Å². The topological polar surface area (TPSA) is 79.8 Å². The average molecular weight is 491 g/mol. The van der Waals surface area contributed by atoms with Crippen LogP contribution in [0, 0.1) is 5.92 Å². The van der Waals surface area contributed by atoms with Crippen LogP contribution in [0.4, 0.5) is 0 Å². The number of para-hydroxylation sites is 1. The molecular weight excluding hydrogens is 465 g/mol. The number of sulfone groups is 1. The summed E-state index contributed by atoms with van der Waals surface area (Å²) >= 11 is 0. The zero-order valence-electron chi connectivity index (χ0n) is 14.7. The zero-order chi connectivity index (χ0) is 17.7. The van der Waals surface area contributed by atoms with Crippen molar-refractivity contribution in [3.8, 4) is 5.75 Å². The number of hydrogen-bond donors (Lipinski definition) is 2. The third-order valence-electron chi connectivity index (χ3n) is 4.52. The van der Waals surface area contributed by atoms with Crippen molar-refractivity contribution < 1.29 is 13.2 Å². The van der Waals surface area contributed by atoms with Crippen LogP contribution in [0.15, 0.2) is 41.9 Å². The highest BCUT2D eigenvalue weighted by molar-refractivity contribution is 14.0. The van der Waals surface area contributed by atoms with E-state index in [1.807, 2.05) is 18.2 Å². The Balaban J connectivity index is 0.00000243. The third-order valence-corrected chi connectivity index (χ3v) is 6.35. The van der Waals surface area contributed by atoms with Gasteiger partial charge in [-0.15, -0.1) is 30.6 Å². The SMILES string of the molecule is C=CCNC(=NCC1CCS(=O)(=O)C1)NC1CCOc2ccccc21.I. The van der Waals surface area contributed by atoms with Gasteiger partial charge in [0.25, 0.3) is 0 Å². The molecule has 2 heterocycles. The molecule has 1 saturated heterocycles. The number of fused-ring (bicyclic) bond motifs is 1. The van der Waals surface area contributed by atoms with Gasteiger partial charge in [-0.25, -0.2) is 8.42 Å². The largest absolute Gasteiger partial charge is 0.493 e. The number of rotatable bonds is 5. The molecule has 2 N–H and O–H groups in total. The van der Waals surface area contributed by atoms with Crippen LogP contribution in [-0.4, -0.2) is 45.6 Å². The maximum atomic E-state index is 11.6. The van der Waals surface area contributed by atoms with Crippen molar-refractivity contribution >= 4 is 39.8 Å². The quantitative estimate of drug-likeness (QED) is 0.286. The zero-order valence-corrected chi connectivity index (χ0v) is 17.8. The third kappa shape index (κ3) is 5.60. The molecule has 2 aliphatic heterocycles. The van der Waals surface area contributed by atoms with Crippen molar-refractivity contribution in [1.29, 1.82) is 0 Å². The van der Waals surface area contributed by atoms with Gasteiger partial charge in [-0.3, -0.25) is 4.99 Å². The Morgan fingerprint density at radius 3 is 2.88 bits per heavy atom. The lowest BCUT2D eigenvalue weighted by Gasteiger charge is -2.28. The summed E-state index contributed by atoms with van der Waals surface area (Å²) in [4.78, 5) is 4.62. The monoisotopic (exact) mass is 491 g/mol. The second-order valence-electron chi connectivity index (χ2n) is 6.50. The number of hydrogen-bond acceptors (Lipinski definition) is 4. The second kappa shape index (κ2) is 9.59. The van der Waals surface area contributed by atoms with E-state index >= 15 is 0 Å². The highest BCUT2D eigenvalue weighted by Crippen LogP contribution is 2.31. The maximum Gasteiger partial charge on any atom is 0.192 e. The van der Waals surface area contributed by atoms with Gasteiger partial charge in [0.1, 0.15) is 5.75 Å². The Hall–Kier alpha value is -1.29. The molecule has 1 aromatic carbocycles. The van der Waals surface area contributed by atoms with Gasteiger partial charge in [-0.1, -0.05) is 24.3 Å². The van der Waals surface area contributed by atoms with Gasteiger partial charge in [0.05, 0.1) is 24.2 Å². The molecule has 6 nitrogen and oxygen atoms in total. The molecule has 26 heavy (non-hydrogen) atoms. The lowest BCUT2D eigenvalue weighted by molar-refractivity contribution is 0.261. The van der Waals surface area contributed by atoms with E-state index in [9.17, 15) is 8.42 Å². The molecule has 0 bridgehead atoms. The molecule has 8 heteroatoms. The Labute approximate surface area is 172 Å². The van der Waals surface area contributed by atoms with E-state index in [4.69, 9.17) is 4.74 Å². The molecule has 0 spiro atoms. The molecule has 1 aromatic rings. The van der Waals surface area contributed by atoms with Crippen LogP contribution in [0.25, 0.3) is 0 Å². The van der Waals surface area contributed by atoms with Gasteiger partial charge in [0.15, 0.2) is 15.8 Å². The van der Waals surface area contributed by atoms with Gasteiger partial charge in [-0.05, 0) is 18.4 Å². The van der Waals surface area contributed by atoms with Crippen LogP contribution >= 0.6 is 24.0 Å². The van der Waals surface area contributed by atoms with Crippen molar-refractivity contribution in [3.63, 3.8) is 0 Å². The standard InChI is InChI=1S/C18H25N3O3S.HI/c1-2-9-19-18(20-12-14-8-11-25(22,23)13-14)21-16-7-10-24-17-6-4-3-5-15(16)17;/h2-6,14,16H,1,7-13H2,(H2,19,20,21);1H. The highest BCUT2D eigenvalue weighted by Gasteiger charge is 2.28. The number of ether oxygens (including phenoxy) is 1.